The Morgan fingerprint density at radius 3 is 2.11 bits per heavy atom. The molecule has 9 nitrogen and oxygen atoms in total. The molecule has 1 aromatic heterocycles. The molecule has 3 aliphatic heterocycles. The van der Waals surface area contributed by atoms with Gasteiger partial charge >= 0.3 is 18.0 Å². The molecule has 1 atom stereocenters. The second kappa shape index (κ2) is 14.7. The second-order valence-corrected chi connectivity index (χ2v) is 12.0. The van der Waals surface area contributed by atoms with Gasteiger partial charge in [-0.15, -0.1) is 11.3 Å². The van der Waals surface area contributed by atoms with Gasteiger partial charge in [0.2, 0.25) is 5.78 Å². The van der Waals surface area contributed by atoms with E-state index in [4.69, 9.17) is 14.9 Å². The van der Waals surface area contributed by atoms with E-state index in [9.17, 15) is 36.7 Å². The van der Waals surface area contributed by atoms with Crippen molar-refractivity contribution in [3.05, 3.63) is 87.6 Å². The van der Waals surface area contributed by atoms with E-state index in [1.54, 1.807) is 6.07 Å². The number of hydrogen-bond donors (Lipinski definition) is 2. The first-order valence-electron chi connectivity index (χ1n) is 14.1. The van der Waals surface area contributed by atoms with Crippen molar-refractivity contribution in [1.82, 2.24) is 0 Å². The van der Waals surface area contributed by atoms with Crippen LogP contribution in [-0.2, 0) is 20.9 Å². The number of carbonyl (C=O) groups excluding carboxylic acids is 2. The number of rotatable bonds is 10. The Labute approximate surface area is 259 Å². The number of amides is 1. The number of ether oxygens (including phenoxy) is 1. The molecule has 3 fully saturated rings. The summed E-state index contributed by atoms with van der Waals surface area (Å²) in [6.07, 6.45) is -0.278. The highest BCUT2D eigenvalue weighted by atomic mass is 32.1. The smallest absolute Gasteiger partial charge is 0.415 e. The van der Waals surface area contributed by atoms with Crippen molar-refractivity contribution in [2.45, 2.75) is 38.3 Å². The number of thiophene rings is 1. The number of carboxylic acid groups (broad SMARTS) is 2. The number of aliphatic carboxylic acids is 2. The number of piperidine rings is 3. The number of carboxylic acids is 2. The summed E-state index contributed by atoms with van der Waals surface area (Å²) < 4.78 is 61.6. The lowest BCUT2D eigenvalue weighted by Crippen LogP contribution is -2.66. The van der Waals surface area contributed by atoms with Gasteiger partial charge in [0.05, 0.1) is 43.0 Å². The van der Waals surface area contributed by atoms with Gasteiger partial charge in [-0.25, -0.2) is 22.4 Å². The Hall–Kier alpha value is -4.30. The SMILES string of the molecule is O=C(C[N+]12CCC(CC1)C(OC(=O)N(Cc1cc(F)c(F)c(F)c1)c1cccc(F)c1)C2)c1cccs1.O=C(O)CCC(=O)O. The fourth-order valence-electron chi connectivity index (χ4n) is 5.59. The molecule has 2 N–H and O–H groups in total. The summed E-state index contributed by atoms with van der Waals surface area (Å²) in [7, 11) is 0. The van der Waals surface area contributed by atoms with Gasteiger partial charge in [-0.2, -0.15) is 0 Å². The summed E-state index contributed by atoms with van der Waals surface area (Å²) in [4.78, 5) is 47.3. The molecule has 1 amide bonds. The Morgan fingerprint density at radius 1 is 0.911 bits per heavy atom. The molecule has 14 heteroatoms. The molecular weight excluding hydrogens is 620 g/mol. The molecule has 0 aliphatic carbocycles. The van der Waals surface area contributed by atoms with E-state index < -0.39 is 47.4 Å². The van der Waals surface area contributed by atoms with Gasteiger partial charge in [-0.3, -0.25) is 19.3 Å². The number of ketones is 1. The molecule has 3 aliphatic rings. The van der Waals surface area contributed by atoms with Crippen molar-refractivity contribution in [3.63, 3.8) is 0 Å². The number of Topliss-reactive ketones (excluding diaryl/α,β-unsaturated/α-hetero) is 1. The first-order chi connectivity index (χ1) is 21.4. The summed E-state index contributed by atoms with van der Waals surface area (Å²) in [6, 6.07) is 10.4. The Balaban J connectivity index is 0.000000510. The molecular formula is C31H31F4N2O7S+. The Kier molecular flexibility index (Phi) is 10.9. The maximum absolute atomic E-state index is 14.0. The van der Waals surface area contributed by atoms with E-state index in [-0.39, 0.29) is 42.3 Å². The fourth-order valence-corrected chi connectivity index (χ4v) is 6.25. The number of quaternary nitrogens is 1. The lowest BCUT2D eigenvalue weighted by molar-refractivity contribution is -0.938. The highest BCUT2D eigenvalue weighted by Gasteiger charge is 2.49. The standard InChI is InChI=1S/C27H25F4N2O3S.C4H6O4/c28-19-3-1-4-20(13-19)32(14-17-11-21(29)26(31)22(30)12-17)27(35)36-24-16-33(8-6-18(24)7-9-33)15-23(34)25-5-2-10-37-25;5-3(6)1-2-4(7)8/h1-5,10-13,18,24H,6-9,14-16H2;1-2H2,(H,5,6)(H,7,8)/q+1;. The molecule has 2 aromatic carbocycles. The van der Waals surface area contributed by atoms with Crippen LogP contribution in [0.5, 0.6) is 0 Å². The second-order valence-electron chi connectivity index (χ2n) is 11.0. The van der Waals surface area contributed by atoms with Crippen molar-refractivity contribution in [3.8, 4) is 0 Å². The van der Waals surface area contributed by atoms with E-state index in [1.165, 1.54) is 29.5 Å². The number of fused-ring (bicyclic) bond motifs is 3. The molecule has 3 aromatic rings. The predicted molar refractivity (Wildman–Crippen MR) is 155 cm³/mol. The molecule has 6 rings (SSSR count). The fraction of sp³-hybridized carbons (Fsp3) is 0.355. The highest BCUT2D eigenvalue weighted by molar-refractivity contribution is 7.12. The monoisotopic (exact) mass is 651 g/mol. The molecule has 2 bridgehead atoms. The van der Waals surface area contributed by atoms with Gasteiger partial charge in [0.15, 0.2) is 23.6 Å². The van der Waals surface area contributed by atoms with Crippen LogP contribution in [0.3, 0.4) is 0 Å². The van der Waals surface area contributed by atoms with Gasteiger partial charge in [0.25, 0.3) is 0 Å². The van der Waals surface area contributed by atoms with E-state index in [1.807, 2.05) is 11.4 Å². The zero-order valence-electron chi connectivity index (χ0n) is 24.0. The first-order valence-corrected chi connectivity index (χ1v) is 15.0. The molecule has 1 unspecified atom stereocenters. The molecule has 4 heterocycles. The number of carbonyl (C=O) groups is 4. The molecule has 0 spiro atoms. The summed E-state index contributed by atoms with van der Waals surface area (Å²) in [5.74, 6) is -6.96. The number of benzene rings is 2. The third-order valence-corrected chi connectivity index (χ3v) is 8.76. The number of nitrogens with zero attached hydrogens (tertiary/aromatic N) is 2. The van der Waals surface area contributed by atoms with Crippen LogP contribution in [0.4, 0.5) is 28.0 Å². The maximum atomic E-state index is 14.0. The summed E-state index contributed by atoms with van der Waals surface area (Å²) in [5.41, 5.74) is 0.116. The molecule has 45 heavy (non-hydrogen) atoms. The number of hydrogen-bond acceptors (Lipinski definition) is 6. The zero-order chi connectivity index (χ0) is 32.7. The molecule has 3 saturated heterocycles. The molecule has 0 radical (unpaired) electrons. The van der Waals surface area contributed by atoms with Gasteiger partial charge < -0.3 is 19.4 Å². The molecule has 240 valence electrons. The number of anilines is 1. The van der Waals surface area contributed by atoms with Crippen LogP contribution in [0.1, 0.15) is 40.9 Å². The summed E-state index contributed by atoms with van der Waals surface area (Å²) >= 11 is 1.40. The first kappa shape index (κ1) is 33.6. The van der Waals surface area contributed by atoms with Crippen LogP contribution in [0, 0.1) is 29.2 Å². The maximum Gasteiger partial charge on any atom is 0.415 e. The van der Waals surface area contributed by atoms with Crippen molar-refractivity contribution >= 4 is 40.8 Å². The Morgan fingerprint density at radius 2 is 1.56 bits per heavy atom. The molecule has 0 saturated carbocycles. The predicted octanol–water partition coefficient (Wildman–Crippen LogP) is 5.88. The van der Waals surface area contributed by atoms with E-state index in [2.05, 4.69) is 0 Å². The van der Waals surface area contributed by atoms with Gasteiger partial charge in [0, 0.05) is 18.8 Å². The zero-order valence-corrected chi connectivity index (χ0v) is 24.8. The minimum atomic E-state index is -1.61. The Bertz CT molecular complexity index is 1510. The third-order valence-electron chi connectivity index (χ3n) is 7.85. The average molecular weight is 652 g/mol. The lowest BCUT2D eigenvalue weighted by Gasteiger charge is -2.51. The van der Waals surface area contributed by atoms with Crippen LogP contribution in [0.15, 0.2) is 53.9 Å². The van der Waals surface area contributed by atoms with Crippen LogP contribution in [0.2, 0.25) is 0 Å². The van der Waals surface area contributed by atoms with Gasteiger partial charge in [-0.05, 0) is 47.3 Å². The average Bonchev–Trinajstić information content (AvgIpc) is 3.54. The minimum Gasteiger partial charge on any atom is -0.481 e. The quantitative estimate of drug-likeness (QED) is 0.122. The van der Waals surface area contributed by atoms with E-state index in [0.29, 0.717) is 22.4 Å². The normalized spacial score (nSPS) is 20.1. The van der Waals surface area contributed by atoms with Crippen LogP contribution in [-0.4, -0.2) is 70.8 Å². The van der Waals surface area contributed by atoms with E-state index >= 15 is 0 Å². The largest absolute Gasteiger partial charge is 0.481 e. The van der Waals surface area contributed by atoms with Gasteiger partial charge in [0.1, 0.15) is 18.9 Å². The van der Waals surface area contributed by atoms with Crippen LogP contribution >= 0.6 is 11.3 Å². The summed E-state index contributed by atoms with van der Waals surface area (Å²) in [5, 5.41) is 17.7. The van der Waals surface area contributed by atoms with E-state index in [0.717, 1.165) is 49.0 Å². The van der Waals surface area contributed by atoms with Crippen molar-refractivity contribution in [2.24, 2.45) is 5.92 Å². The van der Waals surface area contributed by atoms with Crippen LogP contribution < -0.4 is 4.90 Å². The topological polar surface area (TPSA) is 121 Å². The third kappa shape index (κ3) is 8.88. The van der Waals surface area contributed by atoms with Gasteiger partial charge in [-0.1, -0.05) is 12.1 Å². The van der Waals surface area contributed by atoms with Crippen molar-refractivity contribution < 1.29 is 56.2 Å². The number of halogens is 4. The van der Waals surface area contributed by atoms with Crippen LogP contribution in [0.25, 0.3) is 0 Å². The summed E-state index contributed by atoms with van der Waals surface area (Å²) in [6.45, 7) is 2.08. The van der Waals surface area contributed by atoms with Crippen molar-refractivity contribution in [2.75, 3.05) is 31.1 Å². The minimum absolute atomic E-state index is 0.0171. The lowest BCUT2D eigenvalue weighted by atomic mass is 9.83. The van der Waals surface area contributed by atoms with Crippen molar-refractivity contribution in [1.29, 1.82) is 0 Å². The highest BCUT2D eigenvalue weighted by Crippen LogP contribution is 2.36.